The Morgan fingerprint density at radius 2 is 2.19 bits per heavy atom. The molecule has 0 unspecified atom stereocenters. The minimum absolute atomic E-state index is 0.279. The number of hydrogen-bond donors (Lipinski definition) is 1. The van der Waals surface area contributed by atoms with Crippen LogP contribution < -0.4 is 0 Å². The maximum atomic E-state index is 10.7. The molecule has 0 spiro atoms. The molecular weight excluding hydrogens is 206 g/mol. The number of carboxylic acid groups (broad SMARTS) is 1. The average molecular weight is 215 g/mol. The Hall–Kier alpha value is -2.12. The van der Waals surface area contributed by atoms with E-state index in [2.05, 4.69) is 4.85 Å². The van der Waals surface area contributed by atoms with Gasteiger partial charge in [0.1, 0.15) is 0 Å². The second kappa shape index (κ2) is 4.17. The SMILES string of the molecule is [C-]#[N+]/C(=C\c1ccc2c(c1)COC2)C(=O)O. The molecule has 4 nitrogen and oxygen atoms in total. The fourth-order valence-corrected chi connectivity index (χ4v) is 1.58. The molecule has 0 aromatic heterocycles. The molecule has 0 atom stereocenters. The molecule has 0 bridgehead atoms. The molecule has 1 aliphatic rings. The van der Waals surface area contributed by atoms with Crippen molar-refractivity contribution in [3.63, 3.8) is 0 Å². The number of rotatable bonds is 2. The van der Waals surface area contributed by atoms with E-state index in [-0.39, 0.29) is 5.70 Å². The van der Waals surface area contributed by atoms with E-state index in [1.807, 2.05) is 12.1 Å². The fraction of sp³-hybridized carbons (Fsp3) is 0.167. The van der Waals surface area contributed by atoms with E-state index in [0.717, 1.165) is 16.7 Å². The molecular formula is C12H9NO3. The maximum Gasteiger partial charge on any atom is 0.333 e. The lowest BCUT2D eigenvalue weighted by Gasteiger charge is -1.99. The molecule has 2 rings (SSSR count). The molecule has 1 aliphatic heterocycles. The highest BCUT2D eigenvalue weighted by atomic mass is 16.5. The third-order valence-electron chi connectivity index (χ3n) is 2.39. The average Bonchev–Trinajstić information content (AvgIpc) is 2.72. The minimum atomic E-state index is -1.20. The molecule has 0 aliphatic carbocycles. The molecule has 1 aromatic carbocycles. The smallest absolute Gasteiger partial charge is 0.333 e. The summed E-state index contributed by atoms with van der Waals surface area (Å²) < 4.78 is 5.25. The van der Waals surface area contributed by atoms with Gasteiger partial charge in [-0.25, -0.2) is 4.85 Å². The molecule has 0 radical (unpaired) electrons. The van der Waals surface area contributed by atoms with Gasteiger partial charge in [0.05, 0.1) is 19.8 Å². The molecule has 0 saturated carbocycles. The van der Waals surface area contributed by atoms with Gasteiger partial charge < -0.3 is 9.84 Å². The number of benzene rings is 1. The Kier molecular flexibility index (Phi) is 2.71. The first-order valence-electron chi connectivity index (χ1n) is 4.72. The molecule has 16 heavy (non-hydrogen) atoms. The summed E-state index contributed by atoms with van der Waals surface area (Å²) in [7, 11) is 0. The third kappa shape index (κ3) is 1.95. The summed E-state index contributed by atoms with van der Waals surface area (Å²) in [4.78, 5) is 13.6. The van der Waals surface area contributed by atoms with Crippen molar-refractivity contribution in [3.8, 4) is 0 Å². The predicted molar refractivity (Wildman–Crippen MR) is 57.1 cm³/mol. The summed E-state index contributed by atoms with van der Waals surface area (Å²) >= 11 is 0. The van der Waals surface area contributed by atoms with Crippen molar-refractivity contribution < 1.29 is 14.6 Å². The molecule has 4 heteroatoms. The van der Waals surface area contributed by atoms with E-state index in [4.69, 9.17) is 16.4 Å². The van der Waals surface area contributed by atoms with Gasteiger partial charge in [-0.15, -0.1) is 0 Å². The van der Waals surface area contributed by atoms with E-state index in [1.54, 1.807) is 6.07 Å². The summed E-state index contributed by atoms with van der Waals surface area (Å²) in [5.41, 5.74) is 2.62. The predicted octanol–water partition coefficient (Wildman–Crippen LogP) is 2.06. The second-order valence-corrected chi connectivity index (χ2v) is 3.47. The van der Waals surface area contributed by atoms with E-state index in [0.29, 0.717) is 13.2 Å². The van der Waals surface area contributed by atoms with E-state index in [9.17, 15) is 4.79 Å². The normalized spacial score (nSPS) is 14.3. The lowest BCUT2D eigenvalue weighted by atomic mass is 10.1. The Morgan fingerprint density at radius 3 is 2.88 bits per heavy atom. The van der Waals surface area contributed by atoms with Gasteiger partial charge in [0.25, 0.3) is 5.70 Å². The first-order valence-corrected chi connectivity index (χ1v) is 4.72. The monoisotopic (exact) mass is 215 g/mol. The highest BCUT2D eigenvalue weighted by molar-refractivity contribution is 5.94. The van der Waals surface area contributed by atoms with Gasteiger partial charge >= 0.3 is 5.97 Å². The molecule has 1 aromatic rings. The molecule has 0 saturated heterocycles. The van der Waals surface area contributed by atoms with E-state index in [1.165, 1.54) is 6.08 Å². The lowest BCUT2D eigenvalue weighted by molar-refractivity contribution is -0.132. The Balaban J connectivity index is 2.36. The van der Waals surface area contributed by atoms with Crippen molar-refractivity contribution in [1.29, 1.82) is 0 Å². The topological polar surface area (TPSA) is 50.9 Å². The van der Waals surface area contributed by atoms with Gasteiger partial charge in [0.15, 0.2) is 0 Å². The van der Waals surface area contributed by atoms with Crippen LogP contribution in [0.3, 0.4) is 0 Å². The number of carbonyl (C=O) groups is 1. The number of fused-ring (bicyclic) bond motifs is 1. The second-order valence-electron chi connectivity index (χ2n) is 3.47. The van der Waals surface area contributed by atoms with Crippen LogP contribution in [0.15, 0.2) is 23.9 Å². The minimum Gasteiger partial charge on any atom is -0.486 e. The third-order valence-corrected chi connectivity index (χ3v) is 2.39. The van der Waals surface area contributed by atoms with Gasteiger partial charge in [0.2, 0.25) is 0 Å². The zero-order valence-corrected chi connectivity index (χ0v) is 8.43. The first kappa shape index (κ1) is 10.4. The molecule has 0 fully saturated rings. The van der Waals surface area contributed by atoms with Crippen molar-refractivity contribution in [2.24, 2.45) is 0 Å². The van der Waals surface area contributed by atoms with Crippen LogP contribution in [0.25, 0.3) is 10.9 Å². The standard InChI is InChI=1S/C12H9NO3/c1-13-11(12(14)15)5-8-2-3-9-6-16-7-10(9)4-8/h2-5H,6-7H2,(H,14,15)/b11-5-. The summed E-state index contributed by atoms with van der Waals surface area (Å²) in [6.07, 6.45) is 1.37. The van der Waals surface area contributed by atoms with Crippen molar-refractivity contribution in [2.45, 2.75) is 13.2 Å². The van der Waals surface area contributed by atoms with Crippen molar-refractivity contribution in [1.82, 2.24) is 0 Å². The van der Waals surface area contributed by atoms with Gasteiger partial charge in [-0.05, 0) is 22.8 Å². The number of carboxylic acids is 1. The molecule has 80 valence electrons. The summed E-state index contributed by atoms with van der Waals surface area (Å²) in [6.45, 7) is 7.90. The molecule has 1 N–H and O–H groups in total. The largest absolute Gasteiger partial charge is 0.486 e. The Labute approximate surface area is 92.6 Å². The van der Waals surface area contributed by atoms with Crippen LogP contribution in [-0.4, -0.2) is 11.1 Å². The highest BCUT2D eigenvalue weighted by Gasteiger charge is 2.12. The van der Waals surface area contributed by atoms with Crippen molar-refractivity contribution in [3.05, 3.63) is 52.0 Å². The van der Waals surface area contributed by atoms with Crippen LogP contribution in [0.5, 0.6) is 0 Å². The van der Waals surface area contributed by atoms with Gasteiger partial charge in [0, 0.05) is 0 Å². The number of aliphatic carboxylic acids is 1. The van der Waals surface area contributed by atoms with Crippen LogP contribution in [0.2, 0.25) is 0 Å². The van der Waals surface area contributed by atoms with Crippen LogP contribution in [0.1, 0.15) is 16.7 Å². The van der Waals surface area contributed by atoms with Crippen LogP contribution >= 0.6 is 0 Å². The Bertz CT molecular complexity index is 511. The van der Waals surface area contributed by atoms with Crippen molar-refractivity contribution >= 4 is 12.0 Å². The van der Waals surface area contributed by atoms with E-state index >= 15 is 0 Å². The molecule has 1 heterocycles. The van der Waals surface area contributed by atoms with E-state index < -0.39 is 5.97 Å². The zero-order valence-electron chi connectivity index (χ0n) is 8.43. The summed E-state index contributed by atoms with van der Waals surface area (Å²) in [5.74, 6) is -1.20. The van der Waals surface area contributed by atoms with Crippen molar-refractivity contribution in [2.75, 3.05) is 0 Å². The number of nitrogens with zero attached hydrogens (tertiary/aromatic N) is 1. The quantitative estimate of drug-likeness (QED) is 0.606. The highest BCUT2D eigenvalue weighted by Crippen LogP contribution is 2.22. The van der Waals surface area contributed by atoms with Gasteiger partial charge in [-0.2, -0.15) is 0 Å². The summed E-state index contributed by atoms with van der Waals surface area (Å²) in [6, 6.07) is 5.55. The van der Waals surface area contributed by atoms with Crippen LogP contribution in [-0.2, 0) is 22.7 Å². The Morgan fingerprint density at radius 1 is 1.44 bits per heavy atom. The lowest BCUT2D eigenvalue weighted by Crippen LogP contribution is -1.95. The summed E-state index contributed by atoms with van der Waals surface area (Å²) in [5, 5.41) is 8.72. The van der Waals surface area contributed by atoms with Gasteiger partial charge in [-0.1, -0.05) is 18.2 Å². The van der Waals surface area contributed by atoms with Gasteiger partial charge in [-0.3, -0.25) is 4.79 Å². The number of hydrogen-bond acceptors (Lipinski definition) is 2. The zero-order chi connectivity index (χ0) is 11.5. The first-order chi connectivity index (χ1) is 7.70. The van der Waals surface area contributed by atoms with Crippen LogP contribution in [0, 0.1) is 6.57 Å². The fourth-order valence-electron chi connectivity index (χ4n) is 1.58. The van der Waals surface area contributed by atoms with Crippen LogP contribution in [0.4, 0.5) is 0 Å². The number of ether oxygens (including phenoxy) is 1. The maximum absolute atomic E-state index is 10.7. The molecule has 0 amide bonds.